The van der Waals surface area contributed by atoms with E-state index in [1.54, 1.807) is 12.1 Å². The lowest BCUT2D eigenvalue weighted by molar-refractivity contribution is 0.0957. The number of fused-ring (bicyclic) bond motifs is 1. The highest BCUT2D eigenvalue weighted by Crippen LogP contribution is 2.35. The number of carbonyl (C=O) groups excluding carboxylic acids is 1. The van der Waals surface area contributed by atoms with Crippen LogP contribution in [0.2, 0.25) is 5.02 Å². The zero-order chi connectivity index (χ0) is 14.7. The first-order valence-electron chi connectivity index (χ1n) is 7.59. The van der Waals surface area contributed by atoms with Crippen LogP contribution in [0.15, 0.2) is 12.1 Å². The first kappa shape index (κ1) is 14.7. The van der Waals surface area contributed by atoms with Crippen LogP contribution >= 0.6 is 11.6 Å². The van der Waals surface area contributed by atoms with Gasteiger partial charge in [-0.05, 0) is 32.0 Å². The van der Waals surface area contributed by atoms with E-state index in [0.717, 1.165) is 19.6 Å². The highest BCUT2D eigenvalue weighted by Gasteiger charge is 2.20. The van der Waals surface area contributed by atoms with Gasteiger partial charge < -0.3 is 14.4 Å². The monoisotopic (exact) mass is 309 g/mol. The summed E-state index contributed by atoms with van der Waals surface area (Å²) in [6.07, 6.45) is 4.27. The molecule has 1 saturated heterocycles. The fraction of sp³-hybridized carbons (Fsp3) is 0.562. The van der Waals surface area contributed by atoms with Crippen LogP contribution in [0.4, 0.5) is 0 Å². The summed E-state index contributed by atoms with van der Waals surface area (Å²) in [6, 6.07) is 3.40. The number of nitrogens with zero attached hydrogens (tertiary/aromatic N) is 1. The molecule has 1 aromatic rings. The van der Waals surface area contributed by atoms with Crippen molar-refractivity contribution in [3.63, 3.8) is 0 Å². The van der Waals surface area contributed by atoms with E-state index in [9.17, 15) is 4.79 Å². The van der Waals surface area contributed by atoms with Gasteiger partial charge in [0.1, 0.15) is 13.2 Å². The van der Waals surface area contributed by atoms with Crippen molar-refractivity contribution in [1.82, 2.24) is 4.90 Å². The standard InChI is InChI=1S/C16H20ClNO3/c17-13-11-16-15(20-8-9-21-16)10-12(13)14(19)4-7-18-5-2-1-3-6-18/h10-11H,1-9H2. The number of halogens is 1. The highest BCUT2D eigenvalue weighted by molar-refractivity contribution is 6.34. The van der Waals surface area contributed by atoms with Crippen LogP contribution < -0.4 is 9.47 Å². The Bertz CT molecular complexity index is 526. The van der Waals surface area contributed by atoms with Crippen molar-refractivity contribution in [1.29, 1.82) is 0 Å². The fourth-order valence-corrected chi connectivity index (χ4v) is 3.11. The van der Waals surface area contributed by atoms with Crippen LogP contribution in [0, 0.1) is 0 Å². The summed E-state index contributed by atoms with van der Waals surface area (Å²) in [6.45, 7) is 4.04. The molecular formula is C16H20ClNO3. The van der Waals surface area contributed by atoms with Gasteiger partial charge in [-0.1, -0.05) is 18.0 Å². The molecule has 0 amide bonds. The van der Waals surface area contributed by atoms with Gasteiger partial charge in [-0.2, -0.15) is 0 Å². The van der Waals surface area contributed by atoms with Gasteiger partial charge in [-0.15, -0.1) is 0 Å². The third-order valence-electron chi connectivity index (χ3n) is 4.04. The molecule has 114 valence electrons. The van der Waals surface area contributed by atoms with Crippen LogP contribution in [0.5, 0.6) is 11.5 Å². The van der Waals surface area contributed by atoms with Gasteiger partial charge in [-0.3, -0.25) is 4.79 Å². The summed E-state index contributed by atoms with van der Waals surface area (Å²) in [7, 11) is 0. The Hall–Kier alpha value is -1.26. The minimum absolute atomic E-state index is 0.0718. The average Bonchev–Trinajstić information content (AvgIpc) is 2.53. The van der Waals surface area contributed by atoms with Gasteiger partial charge in [0.25, 0.3) is 0 Å². The largest absolute Gasteiger partial charge is 0.486 e. The van der Waals surface area contributed by atoms with Crippen LogP contribution in [0.25, 0.3) is 0 Å². The Morgan fingerprint density at radius 1 is 1.10 bits per heavy atom. The first-order valence-corrected chi connectivity index (χ1v) is 7.96. The fourth-order valence-electron chi connectivity index (χ4n) is 2.86. The van der Waals surface area contributed by atoms with Gasteiger partial charge in [-0.25, -0.2) is 0 Å². The molecule has 2 aliphatic heterocycles. The van der Waals surface area contributed by atoms with E-state index >= 15 is 0 Å². The van der Waals surface area contributed by atoms with E-state index in [2.05, 4.69) is 4.90 Å². The summed E-state index contributed by atoms with van der Waals surface area (Å²) < 4.78 is 11.0. The predicted molar refractivity (Wildman–Crippen MR) is 81.7 cm³/mol. The lowest BCUT2D eigenvalue weighted by Gasteiger charge is -2.26. The zero-order valence-corrected chi connectivity index (χ0v) is 12.8. The van der Waals surface area contributed by atoms with Crippen molar-refractivity contribution in [3.05, 3.63) is 22.7 Å². The van der Waals surface area contributed by atoms with Crippen molar-refractivity contribution in [3.8, 4) is 11.5 Å². The predicted octanol–water partition coefficient (Wildman–Crippen LogP) is 3.17. The number of hydrogen-bond acceptors (Lipinski definition) is 4. The molecule has 1 aromatic carbocycles. The number of ether oxygens (including phenoxy) is 2. The van der Waals surface area contributed by atoms with E-state index in [-0.39, 0.29) is 5.78 Å². The lowest BCUT2D eigenvalue weighted by atomic mass is 10.1. The minimum Gasteiger partial charge on any atom is -0.486 e. The number of ketones is 1. The van der Waals surface area contributed by atoms with Crippen LogP contribution in [0.3, 0.4) is 0 Å². The van der Waals surface area contributed by atoms with Gasteiger partial charge in [0, 0.05) is 24.6 Å². The molecule has 3 rings (SSSR count). The molecule has 0 atom stereocenters. The zero-order valence-electron chi connectivity index (χ0n) is 12.1. The molecule has 1 fully saturated rings. The molecule has 0 bridgehead atoms. The van der Waals surface area contributed by atoms with Crippen molar-refractivity contribution in [2.75, 3.05) is 32.8 Å². The quantitative estimate of drug-likeness (QED) is 0.801. The molecule has 0 radical (unpaired) electrons. The molecular weight excluding hydrogens is 290 g/mol. The molecule has 5 heteroatoms. The Labute approximate surface area is 130 Å². The Balaban J connectivity index is 1.66. The number of piperidine rings is 1. The molecule has 0 saturated carbocycles. The Kier molecular flexibility index (Phi) is 4.66. The Morgan fingerprint density at radius 3 is 2.48 bits per heavy atom. The summed E-state index contributed by atoms with van der Waals surface area (Å²) in [5, 5.41) is 0.447. The van der Waals surface area contributed by atoms with Crippen molar-refractivity contribution < 1.29 is 14.3 Å². The van der Waals surface area contributed by atoms with Crippen molar-refractivity contribution in [2.45, 2.75) is 25.7 Å². The third kappa shape index (κ3) is 3.50. The number of rotatable bonds is 4. The molecule has 0 spiro atoms. The summed E-state index contributed by atoms with van der Waals surface area (Å²) in [5.74, 6) is 1.31. The van der Waals surface area contributed by atoms with Gasteiger partial charge in [0.05, 0.1) is 5.02 Å². The van der Waals surface area contributed by atoms with E-state index in [0.29, 0.717) is 41.7 Å². The number of Topliss-reactive ketones (excluding diaryl/α,β-unsaturated/α-hetero) is 1. The van der Waals surface area contributed by atoms with E-state index < -0.39 is 0 Å². The van der Waals surface area contributed by atoms with Gasteiger partial charge in [0.15, 0.2) is 17.3 Å². The summed E-state index contributed by atoms with van der Waals surface area (Å²) in [5.41, 5.74) is 0.540. The highest BCUT2D eigenvalue weighted by atomic mass is 35.5. The Morgan fingerprint density at radius 2 is 1.76 bits per heavy atom. The smallest absolute Gasteiger partial charge is 0.165 e. The second kappa shape index (κ2) is 6.67. The third-order valence-corrected chi connectivity index (χ3v) is 4.35. The van der Waals surface area contributed by atoms with Crippen LogP contribution in [-0.4, -0.2) is 43.5 Å². The second-order valence-corrected chi connectivity index (χ2v) is 5.96. The topological polar surface area (TPSA) is 38.8 Å². The summed E-state index contributed by atoms with van der Waals surface area (Å²) in [4.78, 5) is 14.7. The molecule has 2 aliphatic rings. The van der Waals surface area contributed by atoms with Crippen LogP contribution in [0.1, 0.15) is 36.0 Å². The maximum Gasteiger partial charge on any atom is 0.165 e. The van der Waals surface area contributed by atoms with Crippen molar-refractivity contribution in [2.24, 2.45) is 0 Å². The first-order chi connectivity index (χ1) is 10.2. The van der Waals surface area contributed by atoms with E-state index in [1.165, 1.54) is 19.3 Å². The summed E-state index contributed by atoms with van der Waals surface area (Å²) >= 11 is 6.21. The maximum atomic E-state index is 12.4. The molecule has 21 heavy (non-hydrogen) atoms. The second-order valence-electron chi connectivity index (χ2n) is 5.55. The van der Waals surface area contributed by atoms with Gasteiger partial charge >= 0.3 is 0 Å². The van der Waals surface area contributed by atoms with Gasteiger partial charge in [0.2, 0.25) is 0 Å². The number of carbonyl (C=O) groups is 1. The average molecular weight is 310 g/mol. The van der Waals surface area contributed by atoms with Crippen molar-refractivity contribution >= 4 is 17.4 Å². The molecule has 0 aliphatic carbocycles. The molecule has 0 N–H and O–H groups in total. The maximum absolute atomic E-state index is 12.4. The van der Waals surface area contributed by atoms with Crippen LogP contribution in [-0.2, 0) is 0 Å². The normalized spacial score (nSPS) is 18.5. The molecule has 2 heterocycles. The van der Waals surface area contributed by atoms with E-state index in [1.807, 2.05) is 0 Å². The lowest BCUT2D eigenvalue weighted by Crippen LogP contribution is -2.31. The number of hydrogen-bond donors (Lipinski definition) is 0. The SMILES string of the molecule is O=C(CCN1CCCCC1)c1cc2c(cc1Cl)OCCO2. The minimum atomic E-state index is 0.0718. The molecule has 0 unspecified atom stereocenters. The number of likely N-dealkylation sites (tertiary alicyclic amines) is 1. The van der Waals surface area contributed by atoms with E-state index in [4.69, 9.17) is 21.1 Å². The molecule has 0 aromatic heterocycles. The molecule has 4 nitrogen and oxygen atoms in total. The number of benzene rings is 1.